The fraction of sp³-hybridized carbons (Fsp3) is 0.444. The van der Waals surface area contributed by atoms with Gasteiger partial charge in [-0.2, -0.15) is 0 Å². The number of pyridine rings is 1. The van der Waals surface area contributed by atoms with Crippen LogP contribution < -0.4 is 0 Å². The molecule has 11 heavy (non-hydrogen) atoms. The maximum absolute atomic E-state index is 6.07. The molecule has 0 spiro atoms. The Labute approximate surface area is 72.4 Å². The molecule has 2 heteroatoms. The number of aromatic nitrogens is 1. The van der Waals surface area contributed by atoms with Crippen LogP contribution in [0.4, 0.5) is 0 Å². The topological polar surface area (TPSA) is 12.9 Å². The number of alkyl halides is 1. The lowest BCUT2D eigenvalue weighted by atomic mass is 10.1. The van der Waals surface area contributed by atoms with E-state index in [1.807, 2.05) is 32.9 Å². The number of rotatable bonds is 1. The molecule has 0 saturated carbocycles. The van der Waals surface area contributed by atoms with E-state index in [1.165, 1.54) is 5.56 Å². The largest absolute Gasteiger partial charge is 0.259 e. The van der Waals surface area contributed by atoms with E-state index in [0.29, 0.717) is 0 Å². The minimum atomic E-state index is -0.355. The Morgan fingerprint density at radius 3 is 2.45 bits per heavy atom. The van der Waals surface area contributed by atoms with Gasteiger partial charge in [0.05, 0.1) is 10.6 Å². The molecular weight excluding hydrogens is 158 g/mol. The molecule has 0 aromatic carbocycles. The van der Waals surface area contributed by atoms with E-state index in [2.05, 4.69) is 4.98 Å². The SMILES string of the molecule is Cc1ccnc(C(C)(C)Cl)c1. The first-order chi connectivity index (χ1) is 5.00. The van der Waals surface area contributed by atoms with Crippen LogP contribution in [-0.4, -0.2) is 4.98 Å². The standard InChI is InChI=1S/C9H12ClN/c1-7-4-5-11-8(6-7)9(2,3)10/h4-6H,1-3H3. The van der Waals surface area contributed by atoms with Crippen LogP contribution in [-0.2, 0) is 4.87 Å². The Morgan fingerprint density at radius 2 is 2.09 bits per heavy atom. The first-order valence-corrected chi connectivity index (χ1v) is 4.00. The van der Waals surface area contributed by atoms with Crippen LogP contribution in [0.5, 0.6) is 0 Å². The van der Waals surface area contributed by atoms with Crippen molar-refractivity contribution in [1.82, 2.24) is 4.98 Å². The minimum Gasteiger partial charge on any atom is -0.259 e. The number of halogens is 1. The molecule has 0 atom stereocenters. The van der Waals surface area contributed by atoms with Crippen molar-refractivity contribution in [3.8, 4) is 0 Å². The molecular formula is C9H12ClN. The van der Waals surface area contributed by atoms with Gasteiger partial charge < -0.3 is 0 Å². The summed E-state index contributed by atoms with van der Waals surface area (Å²) >= 11 is 6.07. The number of hydrogen-bond donors (Lipinski definition) is 0. The first kappa shape index (κ1) is 8.54. The lowest BCUT2D eigenvalue weighted by Gasteiger charge is -2.14. The Morgan fingerprint density at radius 1 is 1.45 bits per heavy atom. The summed E-state index contributed by atoms with van der Waals surface area (Å²) in [7, 11) is 0. The molecule has 0 amide bonds. The van der Waals surface area contributed by atoms with Gasteiger partial charge in [-0.05, 0) is 38.5 Å². The second-order valence-electron chi connectivity index (χ2n) is 3.19. The zero-order valence-corrected chi connectivity index (χ0v) is 7.81. The average Bonchev–Trinajstić information content (AvgIpc) is 1.86. The van der Waals surface area contributed by atoms with Crippen molar-refractivity contribution in [1.29, 1.82) is 0 Å². The predicted octanol–water partition coefficient (Wildman–Crippen LogP) is 2.86. The van der Waals surface area contributed by atoms with Gasteiger partial charge in [0.1, 0.15) is 0 Å². The van der Waals surface area contributed by atoms with Crippen LogP contribution >= 0.6 is 11.6 Å². The molecule has 1 aromatic heterocycles. The fourth-order valence-electron chi connectivity index (χ4n) is 0.861. The summed E-state index contributed by atoms with van der Waals surface area (Å²) in [5.74, 6) is 0. The van der Waals surface area contributed by atoms with Crippen molar-refractivity contribution >= 4 is 11.6 Å². The Hall–Kier alpha value is -0.560. The molecule has 0 aliphatic heterocycles. The predicted molar refractivity (Wildman–Crippen MR) is 47.9 cm³/mol. The lowest BCUT2D eigenvalue weighted by Crippen LogP contribution is -2.09. The van der Waals surface area contributed by atoms with Crippen LogP contribution in [0.15, 0.2) is 18.3 Å². The second kappa shape index (κ2) is 2.82. The van der Waals surface area contributed by atoms with E-state index in [-0.39, 0.29) is 4.87 Å². The third-order valence-electron chi connectivity index (χ3n) is 1.52. The van der Waals surface area contributed by atoms with E-state index in [1.54, 1.807) is 6.20 Å². The van der Waals surface area contributed by atoms with Crippen LogP contribution in [0.2, 0.25) is 0 Å². The van der Waals surface area contributed by atoms with Gasteiger partial charge in [0, 0.05) is 6.20 Å². The van der Waals surface area contributed by atoms with Gasteiger partial charge >= 0.3 is 0 Å². The van der Waals surface area contributed by atoms with E-state index < -0.39 is 0 Å². The average molecular weight is 170 g/mol. The summed E-state index contributed by atoms with van der Waals surface area (Å²) < 4.78 is 0. The molecule has 0 unspecified atom stereocenters. The number of hydrogen-bond acceptors (Lipinski definition) is 1. The van der Waals surface area contributed by atoms with Gasteiger partial charge in [-0.25, -0.2) is 0 Å². The van der Waals surface area contributed by atoms with Crippen LogP contribution in [0.3, 0.4) is 0 Å². The summed E-state index contributed by atoms with van der Waals surface area (Å²) in [4.78, 5) is 3.82. The van der Waals surface area contributed by atoms with Crippen molar-refractivity contribution in [2.45, 2.75) is 25.6 Å². The lowest BCUT2D eigenvalue weighted by molar-refractivity contribution is 0.730. The Kier molecular flexibility index (Phi) is 2.19. The monoisotopic (exact) mass is 169 g/mol. The number of nitrogens with zero attached hydrogens (tertiary/aromatic N) is 1. The third kappa shape index (κ3) is 2.19. The van der Waals surface area contributed by atoms with Gasteiger partial charge in [0.25, 0.3) is 0 Å². The normalized spacial score (nSPS) is 11.6. The summed E-state index contributed by atoms with van der Waals surface area (Å²) in [6.07, 6.45) is 1.79. The second-order valence-corrected chi connectivity index (χ2v) is 4.14. The summed E-state index contributed by atoms with van der Waals surface area (Å²) in [5, 5.41) is 0. The van der Waals surface area contributed by atoms with Crippen molar-refractivity contribution in [3.05, 3.63) is 29.6 Å². The Bertz CT molecular complexity index is 250. The molecule has 0 N–H and O–H groups in total. The van der Waals surface area contributed by atoms with Gasteiger partial charge in [-0.3, -0.25) is 4.98 Å². The zero-order valence-electron chi connectivity index (χ0n) is 7.06. The molecule has 0 radical (unpaired) electrons. The van der Waals surface area contributed by atoms with Crippen LogP contribution in [0.1, 0.15) is 25.1 Å². The van der Waals surface area contributed by atoms with Gasteiger partial charge in [-0.1, -0.05) is 0 Å². The van der Waals surface area contributed by atoms with Crippen LogP contribution in [0, 0.1) is 6.92 Å². The van der Waals surface area contributed by atoms with E-state index in [4.69, 9.17) is 11.6 Å². The fourth-order valence-corrected chi connectivity index (χ4v) is 0.965. The summed E-state index contributed by atoms with van der Waals surface area (Å²) in [6, 6.07) is 3.97. The molecule has 0 aliphatic rings. The van der Waals surface area contributed by atoms with Crippen molar-refractivity contribution in [3.63, 3.8) is 0 Å². The maximum Gasteiger partial charge on any atom is 0.0809 e. The molecule has 60 valence electrons. The quantitative estimate of drug-likeness (QED) is 0.590. The minimum absolute atomic E-state index is 0.355. The molecule has 0 saturated heterocycles. The first-order valence-electron chi connectivity index (χ1n) is 3.62. The highest BCUT2D eigenvalue weighted by molar-refractivity contribution is 6.23. The van der Waals surface area contributed by atoms with Gasteiger partial charge in [-0.15, -0.1) is 11.6 Å². The van der Waals surface area contributed by atoms with Crippen molar-refractivity contribution in [2.24, 2.45) is 0 Å². The molecule has 0 aliphatic carbocycles. The molecule has 1 aromatic rings. The molecule has 0 bridgehead atoms. The summed E-state index contributed by atoms with van der Waals surface area (Å²) in [6.45, 7) is 5.92. The highest BCUT2D eigenvalue weighted by Gasteiger charge is 2.17. The third-order valence-corrected chi connectivity index (χ3v) is 1.72. The van der Waals surface area contributed by atoms with Crippen LogP contribution in [0.25, 0.3) is 0 Å². The van der Waals surface area contributed by atoms with Crippen molar-refractivity contribution < 1.29 is 0 Å². The molecule has 1 rings (SSSR count). The van der Waals surface area contributed by atoms with E-state index in [9.17, 15) is 0 Å². The van der Waals surface area contributed by atoms with E-state index in [0.717, 1.165) is 5.69 Å². The molecule has 1 heterocycles. The zero-order chi connectivity index (χ0) is 8.48. The summed E-state index contributed by atoms with van der Waals surface area (Å²) in [5.41, 5.74) is 2.13. The smallest absolute Gasteiger partial charge is 0.0809 e. The number of aryl methyl sites for hydroxylation is 1. The van der Waals surface area contributed by atoms with Crippen molar-refractivity contribution in [2.75, 3.05) is 0 Å². The highest BCUT2D eigenvalue weighted by Crippen LogP contribution is 2.25. The van der Waals surface area contributed by atoms with Gasteiger partial charge in [0.15, 0.2) is 0 Å². The molecule has 1 nitrogen and oxygen atoms in total. The molecule has 0 fully saturated rings. The highest BCUT2D eigenvalue weighted by atomic mass is 35.5. The van der Waals surface area contributed by atoms with Gasteiger partial charge in [0.2, 0.25) is 0 Å². The Balaban J connectivity index is 3.06. The maximum atomic E-state index is 6.07. The van der Waals surface area contributed by atoms with E-state index >= 15 is 0 Å².